The van der Waals surface area contributed by atoms with Crippen LogP contribution >= 0.6 is 0 Å². The molecule has 1 amide bonds. The Morgan fingerprint density at radius 1 is 0.933 bits per heavy atom. The summed E-state index contributed by atoms with van der Waals surface area (Å²) in [5, 5.41) is 6.48. The Balaban J connectivity index is 2.14. The van der Waals surface area contributed by atoms with Crippen molar-refractivity contribution in [1.29, 1.82) is 0 Å². The minimum atomic E-state index is -0.0377. The zero-order valence-corrected chi connectivity index (χ0v) is 18.7. The van der Waals surface area contributed by atoms with Gasteiger partial charge in [-0.15, -0.1) is 0 Å². The number of guanidine groups is 1. The number of carbonyl (C=O) groups excluding carboxylic acids is 1. The molecule has 0 heterocycles. The normalized spacial score (nSPS) is 11.4. The van der Waals surface area contributed by atoms with Crippen LogP contribution in [0.5, 0.6) is 0 Å². The fourth-order valence-corrected chi connectivity index (χ4v) is 2.35. The molecule has 0 radical (unpaired) electrons. The van der Waals surface area contributed by atoms with E-state index in [-0.39, 0.29) is 12.5 Å². The highest BCUT2D eigenvalue weighted by molar-refractivity contribution is 5.84. The van der Waals surface area contributed by atoms with Crippen LogP contribution in [-0.2, 0) is 25.6 Å². The summed E-state index contributed by atoms with van der Waals surface area (Å²) in [6, 6.07) is 10.1. The lowest BCUT2D eigenvalue weighted by molar-refractivity contribution is -0.127. The number of amides is 1. The van der Waals surface area contributed by atoms with Crippen molar-refractivity contribution in [1.82, 2.24) is 15.5 Å². The smallest absolute Gasteiger partial charge is 0.243 e. The standard InChI is InChI=1S/C22H38N4O4/c1-4-28-14-8-12-23-22(25-18-21(27)26(2)3)24-13-9-15-29-16-17-30-19-20-10-6-5-7-11-20/h5-7,10-11H,4,8-9,12-19H2,1-3H3,(H2,23,24,25). The second kappa shape index (κ2) is 17.7. The number of nitrogens with zero attached hydrogens (tertiary/aromatic N) is 2. The minimum absolute atomic E-state index is 0.0377. The van der Waals surface area contributed by atoms with Gasteiger partial charge in [0.25, 0.3) is 0 Å². The molecule has 0 atom stereocenters. The number of hydrogen-bond acceptors (Lipinski definition) is 5. The van der Waals surface area contributed by atoms with E-state index in [9.17, 15) is 4.79 Å². The Labute approximate surface area is 181 Å². The molecule has 0 spiro atoms. The fraction of sp³-hybridized carbons (Fsp3) is 0.636. The van der Waals surface area contributed by atoms with Crippen LogP contribution in [0.25, 0.3) is 0 Å². The summed E-state index contributed by atoms with van der Waals surface area (Å²) in [5.74, 6) is 0.595. The predicted molar refractivity (Wildman–Crippen MR) is 120 cm³/mol. The highest BCUT2D eigenvalue weighted by atomic mass is 16.5. The van der Waals surface area contributed by atoms with Crippen molar-refractivity contribution in [3.05, 3.63) is 35.9 Å². The largest absolute Gasteiger partial charge is 0.382 e. The lowest BCUT2D eigenvalue weighted by Crippen LogP contribution is -2.40. The van der Waals surface area contributed by atoms with E-state index in [0.717, 1.165) is 24.9 Å². The first kappa shape index (κ1) is 25.9. The summed E-state index contributed by atoms with van der Waals surface area (Å²) in [4.78, 5) is 17.6. The molecule has 30 heavy (non-hydrogen) atoms. The average molecular weight is 423 g/mol. The molecule has 0 aromatic heterocycles. The van der Waals surface area contributed by atoms with Gasteiger partial charge in [0.15, 0.2) is 5.96 Å². The van der Waals surface area contributed by atoms with Crippen LogP contribution in [0.3, 0.4) is 0 Å². The molecule has 0 saturated heterocycles. The number of benzene rings is 1. The van der Waals surface area contributed by atoms with Crippen molar-refractivity contribution in [2.45, 2.75) is 26.4 Å². The quantitative estimate of drug-likeness (QED) is 0.239. The van der Waals surface area contributed by atoms with E-state index in [1.807, 2.05) is 37.3 Å². The second-order valence-corrected chi connectivity index (χ2v) is 6.86. The number of nitrogens with one attached hydrogen (secondary N) is 2. The molecule has 0 aliphatic heterocycles. The van der Waals surface area contributed by atoms with Gasteiger partial charge in [0.1, 0.15) is 6.54 Å². The third-order valence-electron chi connectivity index (χ3n) is 4.07. The highest BCUT2D eigenvalue weighted by Crippen LogP contribution is 2.00. The average Bonchev–Trinajstić information content (AvgIpc) is 2.75. The molecule has 0 saturated carbocycles. The maximum Gasteiger partial charge on any atom is 0.243 e. The zero-order chi connectivity index (χ0) is 21.9. The molecule has 170 valence electrons. The Morgan fingerprint density at radius 3 is 2.20 bits per heavy atom. The number of carbonyl (C=O) groups is 1. The number of ether oxygens (including phenoxy) is 3. The summed E-state index contributed by atoms with van der Waals surface area (Å²) in [6.07, 6.45) is 1.71. The second-order valence-electron chi connectivity index (χ2n) is 6.86. The van der Waals surface area contributed by atoms with Gasteiger partial charge < -0.3 is 29.7 Å². The zero-order valence-electron chi connectivity index (χ0n) is 18.7. The molecule has 0 fully saturated rings. The van der Waals surface area contributed by atoms with Crippen LogP contribution in [0, 0.1) is 0 Å². The lowest BCUT2D eigenvalue weighted by atomic mass is 10.2. The maximum atomic E-state index is 11.8. The van der Waals surface area contributed by atoms with Crippen LogP contribution in [0.2, 0.25) is 0 Å². The molecule has 8 heteroatoms. The molecular formula is C22H38N4O4. The SMILES string of the molecule is CCOCCCNC(=NCC(=O)N(C)C)NCCCOCCOCc1ccccc1. The van der Waals surface area contributed by atoms with E-state index in [1.54, 1.807) is 14.1 Å². The molecule has 0 aliphatic rings. The maximum absolute atomic E-state index is 11.8. The van der Waals surface area contributed by atoms with Crippen molar-refractivity contribution < 1.29 is 19.0 Å². The van der Waals surface area contributed by atoms with Crippen LogP contribution in [-0.4, -0.2) is 83.5 Å². The Bertz CT molecular complexity index is 582. The number of aliphatic imine (C=N–C) groups is 1. The van der Waals surface area contributed by atoms with Crippen LogP contribution in [0.4, 0.5) is 0 Å². The molecule has 1 aromatic carbocycles. The van der Waals surface area contributed by atoms with Crippen molar-refractivity contribution in [2.75, 3.05) is 66.8 Å². The van der Waals surface area contributed by atoms with Crippen molar-refractivity contribution >= 4 is 11.9 Å². The van der Waals surface area contributed by atoms with Gasteiger partial charge >= 0.3 is 0 Å². The van der Waals surface area contributed by atoms with Crippen LogP contribution in [0.1, 0.15) is 25.3 Å². The van der Waals surface area contributed by atoms with Crippen molar-refractivity contribution in [3.8, 4) is 0 Å². The molecule has 0 bridgehead atoms. The van der Waals surface area contributed by atoms with Gasteiger partial charge in [-0.05, 0) is 25.3 Å². The van der Waals surface area contributed by atoms with Gasteiger partial charge in [-0.3, -0.25) is 4.79 Å². The summed E-state index contributed by atoms with van der Waals surface area (Å²) in [5.41, 5.74) is 1.16. The highest BCUT2D eigenvalue weighted by Gasteiger charge is 2.04. The van der Waals surface area contributed by atoms with E-state index >= 15 is 0 Å². The summed E-state index contributed by atoms with van der Waals surface area (Å²) >= 11 is 0. The molecule has 2 N–H and O–H groups in total. The van der Waals surface area contributed by atoms with Crippen LogP contribution in [0.15, 0.2) is 35.3 Å². The fourth-order valence-electron chi connectivity index (χ4n) is 2.35. The molecule has 1 aromatic rings. The first-order valence-corrected chi connectivity index (χ1v) is 10.6. The Kier molecular flexibility index (Phi) is 15.2. The monoisotopic (exact) mass is 422 g/mol. The van der Waals surface area contributed by atoms with E-state index < -0.39 is 0 Å². The first-order valence-electron chi connectivity index (χ1n) is 10.6. The van der Waals surface area contributed by atoms with E-state index in [2.05, 4.69) is 15.6 Å². The number of likely N-dealkylation sites (N-methyl/N-ethyl adjacent to an activating group) is 1. The van der Waals surface area contributed by atoms with Crippen molar-refractivity contribution in [3.63, 3.8) is 0 Å². The molecular weight excluding hydrogens is 384 g/mol. The topological polar surface area (TPSA) is 84.4 Å². The number of rotatable bonds is 16. The van der Waals surface area contributed by atoms with E-state index in [4.69, 9.17) is 14.2 Å². The molecule has 0 aliphatic carbocycles. The summed E-state index contributed by atoms with van der Waals surface area (Å²) in [6.45, 7) is 7.33. The minimum Gasteiger partial charge on any atom is -0.382 e. The van der Waals surface area contributed by atoms with Crippen LogP contribution < -0.4 is 10.6 Å². The van der Waals surface area contributed by atoms with Gasteiger partial charge in [0.2, 0.25) is 5.91 Å². The first-order chi connectivity index (χ1) is 14.6. The van der Waals surface area contributed by atoms with Gasteiger partial charge in [-0.2, -0.15) is 0 Å². The van der Waals surface area contributed by atoms with Gasteiger partial charge in [0, 0.05) is 47.0 Å². The summed E-state index contributed by atoms with van der Waals surface area (Å²) < 4.78 is 16.5. The van der Waals surface area contributed by atoms with Crippen molar-refractivity contribution in [2.24, 2.45) is 4.99 Å². The Hall–Kier alpha value is -2.16. The molecule has 8 nitrogen and oxygen atoms in total. The van der Waals surface area contributed by atoms with Gasteiger partial charge in [-0.1, -0.05) is 30.3 Å². The lowest BCUT2D eigenvalue weighted by Gasteiger charge is -2.14. The summed E-state index contributed by atoms with van der Waals surface area (Å²) in [7, 11) is 3.45. The van der Waals surface area contributed by atoms with E-state index in [1.165, 1.54) is 4.90 Å². The van der Waals surface area contributed by atoms with Gasteiger partial charge in [-0.25, -0.2) is 4.99 Å². The van der Waals surface area contributed by atoms with E-state index in [0.29, 0.717) is 52.1 Å². The predicted octanol–water partition coefficient (Wildman–Crippen LogP) is 1.66. The van der Waals surface area contributed by atoms with Gasteiger partial charge in [0.05, 0.1) is 19.8 Å². The third-order valence-corrected chi connectivity index (χ3v) is 4.07. The Morgan fingerprint density at radius 2 is 1.57 bits per heavy atom. The molecule has 0 unspecified atom stereocenters. The third kappa shape index (κ3) is 13.9. The number of hydrogen-bond donors (Lipinski definition) is 2. The molecule has 1 rings (SSSR count).